The third-order valence-corrected chi connectivity index (χ3v) is 20.6. The number of carboxylic acids is 1. The van der Waals surface area contributed by atoms with Gasteiger partial charge in [0.15, 0.2) is 6.10 Å². The lowest BCUT2D eigenvalue weighted by Crippen LogP contribution is -2.40. The number of likely N-dealkylation sites (N-methyl/N-ethyl adjacent to an activating group) is 1. The highest BCUT2D eigenvalue weighted by Crippen LogP contribution is 2.21. The topological polar surface area (TPSA) is 108 Å². The maximum Gasteiger partial charge on any atom is 0.361 e. The van der Waals surface area contributed by atoms with Crippen molar-refractivity contribution in [3.63, 3.8) is 0 Å². The molecule has 1 N–H and O–H groups in total. The van der Waals surface area contributed by atoms with Gasteiger partial charge in [-0.1, -0.05) is 422 Å². The molecule has 0 radical (unpaired) electrons. The summed E-state index contributed by atoms with van der Waals surface area (Å²) in [7, 11) is 6.00. The summed E-state index contributed by atoms with van der Waals surface area (Å²) < 4.78 is 23.1. The van der Waals surface area contributed by atoms with Crippen molar-refractivity contribution in [2.45, 2.75) is 476 Å². The quantitative estimate of drug-likeness (QED) is 0.0211. The molecule has 0 saturated heterocycles. The minimum atomic E-state index is -1.51. The maximum absolute atomic E-state index is 13.0. The van der Waals surface area contributed by atoms with Crippen LogP contribution in [0.3, 0.4) is 0 Å². The summed E-state index contributed by atoms with van der Waals surface area (Å²) in [4.78, 5) is 37.8. The molecular weight excluding hydrogens is 1250 g/mol. The molecule has 0 heterocycles. The Morgan fingerprint density at radius 2 is 0.535 bits per heavy atom. The van der Waals surface area contributed by atoms with Gasteiger partial charge in [0.25, 0.3) is 6.29 Å². The lowest BCUT2D eigenvalue weighted by Gasteiger charge is -2.25. The van der Waals surface area contributed by atoms with Gasteiger partial charge in [0, 0.05) is 12.8 Å². The molecule has 0 aromatic rings. The number of carbonyl (C=O) groups excluding carboxylic acids is 2. The van der Waals surface area contributed by atoms with E-state index in [0.29, 0.717) is 17.4 Å². The van der Waals surface area contributed by atoms with Crippen molar-refractivity contribution in [1.82, 2.24) is 0 Å². The fraction of sp³-hybridized carbons (Fsp3) is 0.880. The van der Waals surface area contributed by atoms with E-state index < -0.39 is 18.4 Å². The Morgan fingerprint density at radius 3 is 0.802 bits per heavy atom. The molecule has 0 rings (SSSR count). The number of rotatable bonds is 85. The fourth-order valence-corrected chi connectivity index (χ4v) is 13.7. The van der Waals surface area contributed by atoms with E-state index in [-0.39, 0.29) is 38.2 Å². The Bertz CT molecular complexity index is 1800. The third kappa shape index (κ3) is 84.4. The first-order chi connectivity index (χ1) is 49.6. The third-order valence-electron chi connectivity index (χ3n) is 20.6. The molecule has 101 heavy (non-hydrogen) atoms. The van der Waals surface area contributed by atoms with E-state index in [0.717, 1.165) is 51.4 Å². The SMILES string of the molecule is CCCCCCC/C=C\C/C=C\C/C=C\CCCCCCCCCCCCCCCCCCCCCCCCC(=O)OC(COC(=O)CCCCCCCCCCCCCCCCCCCCCCCCCCCCC/C=C\CCCCCCCCCC)COC(OCC[N+](C)(C)C)C(=O)O. The molecule has 0 spiro atoms. The predicted octanol–water partition coefficient (Wildman–Crippen LogP) is 29.2. The molecule has 0 aliphatic rings. The average Bonchev–Trinajstić information content (AvgIpc) is 1.25. The number of esters is 2. The first-order valence-corrected chi connectivity index (χ1v) is 44.8. The Hall–Kier alpha value is -2.75. The number of hydrogen-bond acceptors (Lipinski definition) is 7. The van der Waals surface area contributed by atoms with Gasteiger partial charge in [-0.3, -0.25) is 9.59 Å². The van der Waals surface area contributed by atoms with Gasteiger partial charge in [0.05, 0.1) is 34.4 Å². The Labute approximate surface area is 629 Å². The van der Waals surface area contributed by atoms with Crippen LogP contribution in [0.2, 0.25) is 0 Å². The largest absolute Gasteiger partial charge is 0.477 e. The molecular formula is C92H174NO8+. The van der Waals surface area contributed by atoms with E-state index >= 15 is 0 Å². The van der Waals surface area contributed by atoms with Crippen molar-refractivity contribution < 1.29 is 42.9 Å². The van der Waals surface area contributed by atoms with Gasteiger partial charge in [-0.15, -0.1) is 0 Å². The summed E-state index contributed by atoms with van der Waals surface area (Å²) in [6.07, 6.45) is 107. The summed E-state index contributed by atoms with van der Waals surface area (Å²) in [5.41, 5.74) is 0. The summed E-state index contributed by atoms with van der Waals surface area (Å²) in [5.74, 6) is -1.97. The van der Waals surface area contributed by atoms with E-state index in [1.165, 1.54) is 385 Å². The van der Waals surface area contributed by atoms with E-state index in [1.54, 1.807) is 0 Å². The number of allylic oxidation sites excluding steroid dienone is 8. The Kier molecular flexibility index (Phi) is 80.6. The first kappa shape index (κ1) is 98.2. The standard InChI is InChI=1S/C92H173NO8/c1-6-8-10-12-14-16-18-20-22-24-26-28-30-32-34-36-38-40-42-44-45-47-48-50-52-54-56-58-60-62-64-66-68-70-72-74-76-78-80-82-89(94)99-86-88(87-100-92(91(96)97)98-85-84-93(3,4)5)101-90(95)83-81-79-77-75-73-71-69-67-65-63-61-59-57-55-53-51-49-46-43-41-39-37-35-33-31-29-27-25-23-21-19-17-15-13-11-9-7-2/h19,21,24-27,31,33,88,92H,6-18,20,22-23,28-30,32,34-87H2,1-5H3/p+1/b21-19-,26-24-,27-25-,33-31-. The van der Waals surface area contributed by atoms with Gasteiger partial charge in [-0.05, 0) is 77.0 Å². The van der Waals surface area contributed by atoms with E-state index in [9.17, 15) is 19.5 Å². The second-order valence-corrected chi connectivity index (χ2v) is 31.9. The molecule has 0 saturated carbocycles. The number of aliphatic carboxylic acids is 1. The van der Waals surface area contributed by atoms with Crippen molar-refractivity contribution in [1.29, 1.82) is 0 Å². The molecule has 0 amide bonds. The van der Waals surface area contributed by atoms with Crippen LogP contribution in [0.15, 0.2) is 48.6 Å². The van der Waals surface area contributed by atoms with Crippen LogP contribution in [0.25, 0.3) is 0 Å². The molecule has 0 fully saturated rings. The number of ether oxygens (including phenoxy) is 4. The predicted molar refractivity (Wildman–Crippen MR) is 438 cm³/mol. The summed E-state index contributed by atoms with van der Waals surface area (Å²) in [6, 6.07) is 0. The van der Waals surface area contributed by atoms with Crippen LogP contribution in [0, 0.1) is 0 Å². The summed E-state index contributed by atoms with van der Waals surface area (Å²) in [6.45, 7) is 4.95. The summed E-state index contributed by atoms with van der Waals surface area (Å²) in [5, 5.41) is 9.79. The molecule has 9 nitrogen and oxygen atoms in total. The van der Waals surface area contributed by atoms with Crippen LogP contribution in [0.5, 0.6) is 0 Å². The number of hydrogen-bond donors (Lipinski definition) is 1. The zero-order valence-electron chi connectivity index (χ0n) is 68.4. The van der Waals surface area contributed by atoms with Crippen LogP contribution in [0.1, 0.15) is 463 Å². The molecule has 9 heteroatoms. The van der Waals surface area contributed by atoms with Crippen molar-refractivity contribution in [2.24, 2.45) is 0 Å². The van der Waals surface area contributed by atoms with Gasteiger partial charge >= 0.3 is 17.9 Å². The van der Waals surface area contributed by atoms with Gasteiger partial charge < -0.3 is 28.5 Å². The zero-order chi connectivity index (χ0) is 73.2. The van der Waals surface area contributed by atoms with Crippen LogP contribution in [-0.2, 0) is 33.3 Å². The number of nitrogens with zero attached hydrogens (tertiary/aromatic N) is 1. The molecule has 0 aliphatic heterocycles. The molecule has 0 aromatic heterocycles. The summed E-state index contributed by atoms with van der Waals surface area (Å²) >= 11 is 0. The van der Waals surface area contributed by atoms with Crippen LogP contribution in [0.4, 0.5) is 0 Å². The van der Waals surface area contributed by atoms with Gasteiger partial charge in [0.2, 0.25) is 0 Å². The van der Waals surface area contributed by atoms with Crippen LogP contribution in [-0.4, -0.2) is 87.4 Å². The molecule has 2 atom stereocenters. The second-order valence-electron chi connectivity index (χ2n) is 31.9. The average molecular weight is 1420 g/mol. The smallest absolute Gasteiger partial charge is 0.361 e. The van der Waals surface area contributed by atoms with Crippen molar-refractivity contribution in [3.8, 4) is 0 Å². The van der Waals surface area contributed by atoms with Gasteiger partial charge in [0.1, 0.15) is 13.2 Å². The second kappa shape index (κ2) is 82.9. The lowest BCUT2D eigenvalue weighted by atomic mass is 10.0. The number of quaternary nitrogens is 1. The first-order valence-electron chi connectivity index (χ1n) is 44.8. The zero-order valence-corrected chi connectivity index (χ0v) is 68.4. The minimum Gasteiger partial charge on any atom is -0.477 e. The van der Waals surface area contributed by atoms with Crippen LogP contribution >= 0.6 is 0 Å². The lowest BCUT2D eigenvalue weighted by molar-refractivity contribution is -0.870. The van der Waals surface area contributed by atoms with E-state index in [4.69, 9.17) is 18.9 Å². The van der Waals surface area contributed by atoms with E-state index in [2.05, 4.69) is 62.5 Å². The van der Waals surface area contributed by atoms with Crippen molar-refractivity contribution in [3.05, 3.63) is 48.6 Å². The molecule has 2 unspecified atom stereocenters. The normalized spacial score (nSPS) is 12.8. The van der Waals surface area contributed by atoms with E-state index in [1.807, 2.05) is 21.1 Å². The Morgan fingerprint density at radius 1 is 0.297 bits per heavy atom. The molecule has 594 valence electrons. The monoisotopic (exact) mass is 1420 g/mol. The Balaban J connectivity index is 3.90. The molecule has 0 aromatic carbocycles. The highest BCUT2D eigenvalue weighted by Gasteiger charge is 2.25. The maximum atomic E-state index is 13.0. The highest BCUT2D eigenvalue weighted by molar-refractivity contribution is 5.71. The highest BCUT2D eigenvalue weighted by atomic mass is 16.7. The number of unbranched alkanes of at least 4 members (excludes halogenated alkanes) is 62. The van der Waals surface area contributed by atoms with Crippen LogP contribution < -0.4 is 0 Å². The van der Waals surface area contributed by atoms with Crippen molar-refractivity contribution in [2.75, 3.05) is 47.5 Å². The number of carbonyl (C=O) groups is 3. The van der Waals surface area contributed by atoms with Gasteiger partial charge in [-0.2, -0.15) is 0 Å². The minimum absolute atomic E-state index is 0.175. The van der Waals surface area contributed by atoms with Crippen molar-refractivity contribution >= 4 is 17.9 Å². The fourth-order valence-electron chi connectivity index (χ4n) is 13.7. The molecule has 0 bridgehead atoms. The van der Waals surface area contributed by atoms with Gasteiger partial charge in [-0.25, -0.2) is 4.79 Å². The molecule has 0 aliphatic carbocycles. The number of carboxylic acid groups (broad SMARTS) is 1.